The lowest BCUT2D eigenvalue weighted by Crippen LogP contribution is -2.29. The average molecular weight is 238 g/mol. The largest absolute Gasteiger partial charge is 0.310 e. The molecule has 1 unspecified atom stereocenters. The van der Waals surface area contributed by atoms with Gasteiger partial charge in [-0.05, 0) is 47.0 Å². The molecule has 0 fully saturated rings. The summed E-state index contributed by atoms with van der Waals surface area (Å²) in [5.74, 6) is -0.122. The number of nitrogens with one attached hydrogen (secondary N) is 1. The van der Waals surface area contributed by atoms with E-state index >= 15 is 0 Å². The number of halogens is 1. The van der Waals surface area contributed by atoms with Gasteiger partial charge in [0.1, 0.15) is 5.82 Å². The van der Waals surface area contributed by atoms with E-state index in [0.717, 1.165) is 24.1 Å². The Morgan fingerprint density at radius 3 is 2.71 bits per heavy atom. The second-order valence-corrected chi connectivity index (χ2v) is 4.97. The zero-order chi connectivity index (χ0) is 12.8. The first-order valence-corrected chi connectivity index (χ1v) is 6.12. The summed E-state index contributed by atoms with van der Waals surface area (Å²) in [6.45, 7) is 5.77. The Labute approximate surface area is 104 Å². The summed E-state index contributed by atoms with van der Waals surface area (Å²) in [6.07, 6.45) is 1.07. The number of aryl methyl sites for hydroxylation is 1. The van der Waals surface area contributed by atoms with Crippen LogP contribution in [0.15, 0.2) is 18.2 Å². The first-order valence-electron chi connectivity index (χ1n) is 6.12. The molecule has 0 bridgehead atoms. The molecule has 1 rings (SSSR count). The SMILES string of the molecule is Cc1ccc(F)c(CNC(C)CCN(C)C)c1. The minimum atomic E-state index is -0.122. The summed E-state index contributed by atoms with van der Waals surface area (Å²) in [7, 11) is 4.12. The quantitative estimate of drug-likeness (QED) is 0.819. The van der Waals surface area contributed by atoms with Gasteiger partial charge in [-0.15, -0.1) is 0 Å². The standard InChI is InChI=1S/C14H23FN2/c1-11-5-6-14(15)13(9-11)10-16-12(2)7-8-17(3)4/h5-6,9,12,16H,7-8,10H2,1-4H3. The Balaban J connectivity index is 2.41. The third-order valence-electron chi connectivity index (χ3n) is 2.85. The van der Waals surface area contributed by atoms with Crippen molar-refractivity contribution in [2.24, 2.45) is 0 Å². The molecule has 2 nitrogen and oxygen atoms in total. The smallest absolute Gasteiger partial charge is 0.127 e. The molecule has 1 aromatic carbocycles. The van der Waals surface area contributed by atoms with Crippen LogP contribution in [0.3, 0.4) is 0 Å². The third kappa shape index (κ3) is 5.29. The van der Waals surface area contributed by atoms with Crippen LogP contribution in [0.4, 0.5) is 4.39 Å². The van der Waals surface area contributed by atoms with E-state index in [4.69, 9.17) is 0 Å². The molecule has 0 aliphatic carbocycles. The Bertz CT molecular complexity index is 350. The van der Waals surface area contributed by atoms with Crippen LogP contribution in [-0.2, 0) is 6.54 Å². The van der Waals surface area contributed by atoms with E-state index in [2.05, 4.69) is 31.2 Å². The molecule has 0 amide bonds. The predicted octanol–water partition coefficient (Wildman–Crippen LogP) is 2.56. The van der Waals surface area contributed by atoms with Crippen molar-refractivity contribution in [1.82, 2.24) is 10.2 Å². The van der Waals surface area contributed by atoms with Crippen LogP contribution in [0.2, 0.25) is 0 Å². The Hall–Kier alpha value is -0.930. The normalized spacial score (nSPS) is 13.1. The van der Waals surface area contributed by atoms with Gasteiger partial charge in [0, 0.05) is 18.2 Å². The highest BCUT2D eigenvalue weighted by atomic mass is 19.1. The van der Waals surface area contributed by atoms with Crippen molar-refractivity contribution in [2.45, 2.75) is 32.9 Å². The lowest BCUT2D eigenvalue weighted by Gasteiger charge is -2.17. The van der Waals surface area contributed by atoms with Crippen molar-refractivity contribution in [1.29, 1.82) is 0 Å². The molecule has 1 aromatic rings. The zero-order valence-electron chi connectivity index (χ0n) is 11.3. The maximum atomic E-state index is 13.5. The van der Waals surface area contributed by atoms with E-state index in [0.29, 0.717) is 12.6 Å². The van der Waals surface area contributed by atoms with Gasteiger partial charge in [0.05, 0.1) is 0 Å². The van der Waals surface area contributed by atoms with E-state index in [9.17, 15) is 4.39 Å². The molecule has 1 N–H and O–H groups in total. The van der Waals surface area contributed by atoms with E-state index in [-0.39, 0.29) is 5.82 Å². The molecule has 0 saturated heterocycles. The average Bonchev–Trinajstić information content (AvgIpc) is 2.27. The monoisotopic (exact) mass is 238 g/mol. The van der Waals surface area contributed by atoms with Gasteiger partial charge < -0.3 is 10.2 Å². The Morgan fingerprint density at radius 1 is 1.35 bits per heavy atom. The number of rotatable bonds is 6. The maximum Gasteiger partial charge on any atom is 0.127 e. The first kappa shape index (κ1) is 14.1. The van der Waals surface area contributed by atoms with Gasteiger partial charge in [-0.2, -0.15) is 0 Å². The zero-order valence-corrected chi connectivity index (χ0v) is 11.3. The fourth-order valence-corrected chi connectivity index (χ4v) is 1.68. The van der Waals surface area contributed by atoms with Crippen LogP contribution in [0.5, 0.6) is 0 Å². The van der Waals surface area contributed by atoms with Gasteiger partial charge in [0.25, 0.3) is 0 Å². The molecule has 0 saturated carbocycles. The summed E-state index contributed by atoms with van der Waals surface area (Å²) >= 11 is 0. The van der Waals surface area contributed by atoms with Gasteiger partial charge >= 0.3 is 0 Å². The van der Waals surface area contributed by atoms with Gasteiger partial charge in [-0.1, -0.05) is 17.7 Å². The number of nitrogens with zero attached hydrogens (tertiary/aromatic N) is 1. The van der Waals surface area contributed by atoms with Crippen LogP contribution in [0.25, 0.3) is 0 Å². The first-order chi connectivity index (χ1) is 7.99. The van der Waals surface area contributed by atoms with E-state index in [1.165, 1.54) is 6.07 Å². The van der Waals surface area contributed by atoms with Crippen LogP contribution in [0, 0.1) is 12.7 Å². The Morgan fingerprint density at radius 2 is 2.06 bits per heavy atom. The molecule has 17 heavy (non-hydrogen) atoms. The topological polar surface area (TPSA) is 15.3 Å². The highest BCUT2D eigenvalue weighted by Crippen LogP contribution is 2.10. The summed E-state index contributed by atoms with van der Waals surface area (Å²) < 4.78 is 13.5. The van der Waals surface area contributed by atoms with E-state index < -0.39 is 0 Å². The molecule has 0 radical (unpaired) electrons. The third-order valence-corrected chi connectivity index (χ3v) is 2.85. The van der Waals surface area contributed by atoms with Crippen LogP contribution in [-0.4, -0.2) is 31.6 Å². The van der Waals surface area contributed by atoms with Crippen molar-refractivity contribution in [3.63, 3.8) is 0 Å². The van der Waals surface area contributed by atoms with Gasteiger partial charge in [0.2, 0.25) is 0 Å². The van der Waals surface area contributed by atoms with Crippen molar-refractivity contribution >= 4 is 0 Å². The van der Waals surface area contributed by atoms with E-state index in [1.54, 1.807) is 6.07 Å². The lowest BCUT2D eigenvalue weighted by molar-refractivity contribution is 0.365. The number of hydrogen-bond donors (Lipinski definition) is 1. The van der Waals surface area contributed by atoms with Crippen molar-refractivity contribution in [3.8, 4) is 0 Å². The molecular weight excluding hydrogens is 215 g/mol. The molecular formula is C14H23FN2. The summed E-state index contributed by atoms with van der Waals surface area (Å²) in [4.78, 5) is 2.16. The van der Waals surface area contributed by atoms with Crippen molar-refractivity contribution in [2.75, 3.05) is 20.6 Å². The second-order valence-electron chi connectivity index (χ2n) is 4.97. The highest BCUT2D eigenvalue weighted by Gasteiger charge is 2.05. The molecule has 1 atom stereocenters. The van der Waals surface area contributed by atoms with Crippen molar-refractivity contribution < 1.29 is 4.39 Å². The Kier molecular flexibility index (Phi) is 5.59. The van der Waals surface area contributed by atoms with Crippen LogP contribution >= 0.6 is 0 Å². The minimum absolute atomic E-state index is 0.122. The molecule has 96 valence electrons. The second kappa shape index (κ2) is 6.72. The minimum Gasteiger partial charge on any atom is -0.310 e. The molecule has 3 heteroatoms. The number of benzene rings is 1. The van der Waals surface area contributed by atoms with Gasteiger partial charge in [-0.3, -0.25) is 0 Å². The molecule has 0 heterocycles. The van der Waals surface area contributed by atoms with Gasteiger partial charge in [-0.25, -0.2) is 4.39 Å². The molecule has 0 aromatic heterocycles. The summed E-state index contributed by atoms with van der Waals surface area (Å²) in [6, 6.07) is 5.64. The van der Waals surface area contributed by atoms with Crippen LogP contribution in [0.1, 0.15) is 24.5 Å². The fourth-order valence-electron chi connectivity index (χ4n) is 1.68. The molecule has 0 aliphatic heterocycles. The van der Waals surface area contributed by atoms with Crippen LogP contribution < -0.4 is 5.32 Å². The summed E-state index contributed by atoms with van der Waals surface area (Å²) in [5.41, 5.74) is 1.85. The number of hydrogen-bond acceptors (Lipinski definition) is 2. The maximum absolute atomic E-state index is 13.5. The van der Waals surface area contributed by atoms with Crippen molar-refractivity contribution in [3.05, 3.63) is 35.1 Å². The fraction of sp³-hybridized carbons (Fsp3) is 0.571. The van der Waals surface area contributed by atoms with Gasteiger partial charge in [0.15, 0.2) is 0 Å². The lowest BCUT2D eigenvalue weighted by atomic mass is 10.1. The van der Waals surface area contributed by atoms with E-state index in [1.807, 2.05) is 13.0 Å². The molecule has 0 spiro atoms. The highest BCUT2D eigenvalue weighted by molar-refractivity contribution is 5.23. The molecule has 0 aliphatic rings. The summed E-state index contributed by atoms with van der Waals surface area (Å²) in [5, 5.41) is 3.36. The predicted molar refractivity (Wildman–Crippen MR) is 70.6 cm³/mol.